The zero-order chi connectivity index (χ0) is 11.4. The molecule has 0 unspecified atom stereocenters. The Bertz CT molecular complexity index is 437. The van der Waals surface area contributed by atoms with E-state index in [2.05, 4.69) is 50.2 Å². The van der Waals surface area contributed by atoms with E-state index in [-0.39, 0.29) is 0 Å². The molecule has 84 valence electrons. The molecule has 0 aliphatic rings. The van der Waals surface area contributed by atoms with Crippen LogP contribution in [0.3, 0.4) is 0 Å². The van der Waals surface area contributed by atoms with Crippen molar-refractivity contribution in [1.82, 2.24) is 0 Å². The molecule has 2 aromatic rings. The lowest BCUT2D eigenvalue weighted by molar-refractivity contribution is 0.512. The quantitative estimate of drug-likeness (QED) is 0.725. The van der Waals surface area contributed by atoms with Gasteiger partial charge in [-0.25, -0.2) is 0 Å². The summed E-state index contributed by atoms with van der Waals surface area (Å²) in [7, 11) is 0. The fourth-order valence-corrected chi connectivity index (χ4v) is 1.74. The number of benzene rings is 1. The Kier molecular flexibility index (Phi) is 3.45. The van der Waals surface area contributed by atoms with Crippen molar-refractivity contribution in [1.29, 1.82) is 0 Å². The van der Waals surface area contributed by atoms with Crippen molar-refractivity contribution in [2.45, 2.75) is 33.1 Å². The first kappa shape index (κ1) is 11.0. The van der Waals surface area contributed by atoms with E-state index in [1.807, 2.05) is 0 Å². The summed E-state index contributed by atoms with van der Waals surface area (Å²) in [5, 5.41) is 0. The zero-order valence-electron chi connectivity index (χ0n) is 9.99. The van der Waals surface area contributed by atoms with Crippen LogP contribution in [0.4, 0.5) is 0 Å². The van der Waals surface area contributed by atoms with Gasteiger partial charge in [0.2, 0.25) is 0 Å². The standard InChI is InChI=1S/C15H18O/c1-3-4-5-14-10-11-15(16-14)13-8-6-12(2)7-9-13/h6-11H,3-5H2,1-2H3. The summed E-state index contributed by atoms with van der Waals surface area (Å²) < 4.78 is 5.81. The summed E-state index contributed by atoms with van der Waals surface area (Å²) >= 11 is 0. The van der Waals surface area contributed by atoms with Crippen molar-refractivity contribution in [3.63, 3.8) is 0 Å². The molecule has 0 saturated carbocycles. The summed E-state index contributed by atoms with van der Waals surface area (Å²) in [6.45, 7) is 4.29. The fraction of sp³-hybridized carbons (Fsp3) is 0.333. The summed E-state index contributed by atoms with van der Waals surface area (Å²) in [5.74, 6) is 2.07. The highest BCUT2D eigenvalue weighted by Crippen LogP contribution is 2.23. The Morgan fingerprint density at radius 1 is 1.00 bits per heavy atom. The topological polar surface area (TPSA) is 13.1 Å². The van der Waals surface area contributed by atoms with E-state index in [4.69, 9.17) is 4.42 Å². The van der Waals surface area contributed by atoms with Gasteiger partial charge in [-0.3, -0.25) is 0 Å². The Morgan fingerprint density at radius 2 is 1.75 bits per heavy atom. The van der Waals surface area contributed by atoms with Crippen molar-refractivity contribution >= 4 is 0 Å². The first-order chi connectivity index (χ1) is 7.79. The van der Waals surface area contributed by atoms with Crippen molar-refractivity contribution in [3.05, 3.63) is 47.7 Å². The van der Waals surface area contributed by atoms with Gasteiger partial charge >= 0.3 is 0 Å². The van der Waals surface area contributed by atoms with E-state index in [1.165, 1.54) is 18.4 Å². The second kappa shape index (κ2) is 5.02. The van der Waals surface area contributed by atoms with E-state index in [0.717, 1.165) is 23.5 Å². The van der Waals surface area contributed by atoms with Gasteiger partial charge < -0.3 is 4.42 Å². The van der Waals surface area contributed by atoms with Gasteiger partial charge in [-0.2, -0.15) is 0 Å². The van der Waals surface area contributed by atoms with E-state index >= 15 is 0 Å². The molecule has 16 heavy (non-hydrogen) atoms. The maximum Gasteiger partial charge on any atom is 0.134 e. The molecular formula is C15H18O. The minimum absolute atomic E-state index is 0.978. The molecule has 0 amide bonds. The molecule has 0 bridgehead atoms. The first-order valence-electron chi connectivity index (χ1n) is 5.95. The van der Waals surface area contributed by atoms with Crippen molar-refractivity contribution in [3.8, 4) is 11.3 Å². The number of hydrogen-bond donors (Lipinski definition) is 0. The van der Waals surface area contributed by atoms with E-state index < -0.39 is 0 Å². The molecule has 0 aliphatic heterocycles. The molecule has 1 aromatic heterocycles. The van der Waals surface area contributed by atoms with Crippen molar-refractivity contribution in [2.75, 3.05) is 0 Å². The summed E-state index contributed by atoms with van der Waals surface area (Å²) in [4.78, 5) is 0. The smallest absolute Gasteiger partial charge is 0.134 e. The highest BCUT2D eigenvalue weighted by atomic mass is 16.3. The van der Waals surface area contributed by atoms with Crippen LogP contribution in [0.15, 0.2) is 40.8 Å². The fourth-order valence-electron chi connectivity index (χ4n) is 1.74. The average Bonchev–Trinajstić information content (AvgIpc) is 2.76. The van der Waals surface area contributed by atoms with Crippen molar-refractivity contribution < 1.29 is 4.42 Å². The van der Waals surface area contributed by atoms with Crippen LogP contribution in [0.1, 0.15) is 31.1 Å². The molecule has 0 saturated heterocycles. The number of furan rings is 1. The van der Waals surface area contributed by atoms with E-state index in [0.29, 0.717) is 0 Å². The molecule has 0 aliphatic carbocycles. The third-order valence-corrected chi connectivity index (χ3v) is 2.77. The second-order valence-corrected chi connectivity index (χ2v) is 4.24. The Hall–Kier alpha value is -1.50. The number of aryl methyl sites for hydroxylation is 2. The molecule has 1 aromatic carbocycles. The Balaban J connectivity index is 2.15. The highest BCUT2D eigenvalue weighted by Gasteiger charge is 2.03. The van der Waals surface area contributed by atoms with Crippen LogP contribution in [-0.2, 0) is 6.42 Å². The lowest BCUT2D eigenvalue weighted by atomic mass is 10.1. The van der Waals surface area contributed by atoms with Crippen LogP contribution in [0.2, 0.25) is 0 Å². The van der Waals surface area contributed by atoms with Crippen LogP contribution < -0.4 is 0 Å². The molecule has 0 spiro atoms. The normalized spacial score (nSPS) is 10.6. The number of rotatable bonds is 4. The molecule has 1 nitrogen and oxygen atoms in total. The van der Waals surface area contributed by atoms with Crippen LogP contribution in [-0.4, -0.2) is 0 Å². The molecule has 0 atom stereocenters. The van der Waals surface area contributed by atoms with Gasteiger partial charge in [0.05, 0.1) is 0 Å². The van der Waals surface area contributed by atoms with Crippen LogP contribution in [0.25, 0.3) is 11.3 Å². The molecule has 0 radical (unpaired) electrons. The Morgan fingerprint density at radius 3 is 2.44 bits per heavy atom. The Labute approximate surface area is 97.1 Å². The van der Waals surface area contributed by atoms with Gasteiger partial charge in [-0.15, -0.1) is 0 Å². The van der Waals surface area contributed by atoms with Crippen LogP contribution in [0.5, 0.6) is 0 Å². The van der Waals surface area contributed by atoms with Gasteiger partial charge in [0.25, 0.3) is 0 Å². The van der Waals surface area contributed by atoms with Crippen LogP contribution >= 0.6 is 0 Å². The summed E-state index contributed by atoms with van der Waals surface area (Å²) in [6, 6.07) is 12.6. The van der Waals surface area contributed by atoms with E-state index in [9.17, 15) is 0 Å². The van der Waals surface area contributed by atoms with Gasteiger partial charge in [-0.05, 0) is 25.5 Å². The zero-order valence-corrected chi connectivity index (χ0v) is 9.99. The van der Waals surface area contributed by atoms with E-state index in [1.54, 1.807) is 0 Å². The lowest BCUT2D eigenvalue weighted by Gasteiger charge is -1.98. The number of unbranched alkanes of at least 4 members (excludes halogenated alkanes) is 1. The van der Waals surface area contributed by atoms with Gasteiger partial charge in [-0.1, -0.05) is 43.2 Å². The predicted molar refractivity (Wildman–Crippen MR) is 67.5 cm³/mol. The lowest BCUT2D eigenvalue weighted by Crippen LogP contribution is -1.79. The van der Waals surface area contributed by atoms with Crippen molar-refractivity contribution in [2.24, 2.45) is 0 Å². The number of hydrogen-bond acceptors (Lipinski definition) is 1. The molecule has 0 N–H and O–H groups in total. The SMILES string of the molecule is CCCCc1ccc(-c2ccc(C)cc2)o1. The van der Waals surface area contributed by atoms with Gasteiger partial charge in [0.1, 0.15) is 11.5 Å². The highest BCUT2D eigenvalue weighted by molar-refractivity contribution is 5.57. The largest absolute Gasteiger partial charge is 0.461 e. The van der Waals surface area contributed by atoms with Gasteiger partial charge in [0, 0.05) is 12.0 Å². The maximum atomic E-state index is 5.81. The second-order valence-electron chi connectivity index (χ2n) is 4.24. The van der Waals surface area contributed by atoms with Crippen LogP contribution in [0, 0.1) is 6.92 Å². The molecule has 1 heterocycles. The van der Waals surface area contributed by atoms with Gasteiger partial charge in [0.15, 0.2) is 0 Å². The third-order valence-electron chi connectivity index (χ3n) is 2.77. The summed E-state index contributed by atoms with van der Waals surface area (Å²) in [5.41, 5.74) is 2.44. The maximum absolute atomic E-state index is 5.81. The molecule has 1 heteroatoms. The summed E-state index contributed by atoms with van der Waals surface area (Å²) in [6.07, 6.45) is 3.45. The minimum atomic E-state index is 0.978. The average molecular weight is 214 g/mol. The molecule has 0 fully saturated rings. The minimum Gasteiger partial charge on any atom is -0.461 e. The third kappa shape index (κ3) is 2.54. The monoisotopic (exact) mass is 214 g/mol. The molecular weight excluding hydrogens is 196 g/mol. The molecule has 2 rings (SSSR count). The first-order valence-corrected chi connectivity index (χ1v) is 5.95. The predicted octanol–water partition coefficient (Wildman–Crippen LogP) is 4.60.